The molecule has 8 nitrogen and oxygen atoms in total. The molecular weight excluding hydrogens is 350 g/mol. The number of hydrogen-bond acceptors (Lipinski definition) is 7. The molecule has 24 heavy (non-hydrogen) atoms. The predicted octanol–water partition coefficient (Wildman–Crippen LogP) is 1.67. The molecule has 0 aliphatic carbocycles. The van der Waals surface area contributed by atoms with Crippen molar-refractivity contribution in [1.82, 2.24) is 24.6 Å². The maximum atomic E-state index is 12.4. The lowest BCUT2D eigenvalue weighted by atomic mass is 10.2. The van der Waals surface area contributed by atoms with Gasteiger partial charge in [-0.3, -0.25) is 4.68 Å². The van der Waals surface area contributed by atoms with Crippen LogP contribution in [0.3, 0.4) is 0 Å². The van der Waals surface area contributed by atoms with Gasteiger partial charge >= 0.3 is 0 Å². The highest BCUT2D eigenvalue weighted by molar-refractivity contribution is 7.91. The van der Waals surface area contributed by atoms with Crippen LogP contribution in [0.15, 0.2) is 27.2 Å². The lowest BCUT2D eigenvalue weighted by Crippen LogP contribution is -2.26. The summed E-state index contributed by atoms with van der Waals surface area (Å²) in [6.45, 7) is 3.90. The molecule has 0 spiro atoms. The Morgan fingerprint density at radius 3 is 2.75 bits per heavy atom. The Morgan fingerprint density at radius 2 is 2.12 bits per heavy atom. The fourth-order valence-corrected chi connectivity index (χ4v) is 4.88. The molecule has 0 aliphatic heterocycles. The van der Waals surface area contributed by atoms with Gasteiger partial charge in [0.2, 0.25) is 10.0 Å². The molecule has 3 heterocycles. The van der Waals surface area contributed by atoms with Crippen LogP contribution in [0.1, 0.15) is 17.3 Å². The molecule has 3 aromatic heterocycles. The van der Waals surface area contributed by atoms with E-state index in [0.29, 0.717) is 12.2 Å². The quantitative estimate of drug-likeness (QED) is 0.711. The Bertz CT molecular complexity index is 935. The first-order valence-electron chi connectivity index (χ1n) is 7.24. The second-order valence-electron chi connectivity index (χ2n) is 5.27. The molecule has 0 unspecified atom stereocenters. The third kappa shape index (κ3) is 3.25. The van der Waals surface area contributed by atoms with Crippen LogP contribution < -0.4 is 4.72 Å². The lowest BCUT2D eigenvalue weighted by molar-refractivity contribution is 0.393. The Morgan fingerprint density at radius 1 is 1.33 bits per heavy atom. The van der Waals surface area contributed by atoms with Crippen molar-refractivity contribution in [3.8, 4) is 10.4 Å². The molecule has 1 N–H and O–H groups in total. The van der Waals surface area contributed by atoms with Gasteiger partial charge in [-0.15, -0.1) is 11.3 Å². The average molecular weight is 367 g/mol. The van der Waals surface area contributed by atoms with Crippen molar-refractivity contribution in [2.24, 2.45) is 7.05 Å². The van der Waals surface area contributed by atoms with E-state index in [1.54, 1.807) is 23.9 Å². The van der Waals surface area contributed by atoms with Crippen molar-refractivity contribution < 1.29 is 12.9 Å². The number of nitrogens with one attached hydrogen (secondary N) is 1. The largest absolute Gasteiger partial charge is 0.361 e. The zero-order chi connectivity index (χ0) is 17.3. The molecule has 0 aromatic carbocycles. The van der Waals surface area contributed by atoms with E-state index in [2.05, 4.69) is 20.0 Å². The summed E-state index contributed by atoms with van der Waals surface area (Å²) in [5.74, 6) is 1.40. The van der Waals surface area contributed by atoms with Crippen LogP contribution in [0.4, 0.5) is 0 Å². The SMILES string of the molecule is Cc1noc(C)c1-c1ccc(S(=O)(=O)NCCc2ncnn2C)s1. The molecule has 3 aromatic rings. The minimum atomic E-state index is -3.56. The van der Waals surface area contributed by atoms with Crippen molar-refractivity contribution in [3.63, 3.8) is 0 Å². The second kappa shape index (κ2) is 6.46. The van der Waals surface area contributed by atoms with Gasteiger partial charge in [-0.1, -0.05) is 5.16 Å². The molecule has 0 aliphatic rings. The van der Waals surface area contributed by atoms with Gasteiger partial charge in [0.05, 0.1) is 11.3 Å². The molecule has 0 fully saturated rings. The zero-order valence-corrected chi connectivity index (χ0v) is 15.1. The highest BCUT2D eigenvalue weighted by Crippen LogP contribution is 2.34. The standard InChI is InChI=1S/C14H17N5O3S2/c1-9-14(10(2)22-18-9)11-4-5-13(23-11)24(20,21)17-7-6-12-15-8-16-19(12)3/h4-5,8,17H,6-7H2,1-3H3. The van der Waals surface area contributed by atoms with E-state index < -0.39 is 10.0 Å². The van der Waals surface area contributed by atoms with Crippen molar-refractivity contribution in [3.05, 3.63) is 35.7 Å². The summed E-state index contributed by atoms with van der Waals surface area (Å²) in [6.07, 6.45) is 1.91. The molecule has 128 valence electrons. The highest BCUT2D eigenvalue weighted by atomic mass is 32.2. The van der Waals surface area contributed by atoms with E-state index >= 15 is 0 Å². The molecule has 0 radical (unpaired) electrons. The topological polar surface area (TPSA) is 103 Å². The number of hydrogen-bond donors (Lipinski definition) is 1. The van der Waals surface area contributed by atoms with Crippen LogP contribution in [0.5, 0.6) is 0 Å². The third-order valence-corrected chi connectivity index (χ3v) is 6.63. The Labute approximate surface area is 143 Å². The minimum absolute atomic E-state index is 0.257. The summed E-state index contributed by atoms with van der Waals surface area (Å²) in [4.78, 5) is 4.89. The van der Waals surface area contributed by atoms with Gasteiger partial charge in [-0.25, -0.2) is 18.1 Å². The maximum Gasteiger partial charge on any atom is 0.250 e. The molecule has 0 amide bonds. The van der Waals surface area contributed by atoms with Crippen LogP contribution in [0, 0.1) is 13.8 Å². The molecule has 0 bridgehead atoms. The van der Waals surface area contributed by atoms with Crippen LogP contribution >= 0.6 is 11.3 Å². The summed E-state index contributed by atoms with van der Waals surface area (Å²) in [6, 6.07) is 3.37. The lowest BCUT2D eigenvalue weighted by Gasteiger charge is -2.04. The van der Waals surface area contributed by atoms with Crippen LogP contribution in [0.25, 0.3) is 10.4 Å². The molecule has 3 rings (SSSR count). The van der Waals surface area contributed by atoms with E-state index in [0.717, 1.165) is 22.0 Å². The predicted molar refractivity (Wildman–Crippen MR) is 89.2 cm³/mol. The van der Waals surface area contributed by atoms with Crippen LogP contribution in [-0.2, 0) is 23.5 Å². The smallest absolute Gasteiger partial charge is 0.250 e. The third-order valence-electron chi connectivity index (χ3n) is 3.57. The summed E-state index contributed by atoms with van der Waals surface area (Å²) >= 11 is 1.19. The molecule has 0 atom stereocenters. The van der Waals surface area contributed by atoms with Gasteiger partial charge in [0.15, 0.2) is 0 Å². The highest BCUT2D eigenvalue weighted by Gasteiger charge is 2.20. The number of sulfonamides is 1. The number of aryl methyl sites for hydroxylation is 3. The minimum Gasteiger partial charge on any atom is -0.361 e. The fraction of sp³-hybridized carbons (Fsp3) is 0.357. The summed E-state index contributed by atoms with van der Waals surface area (Å²) in [7, 11) is -1.79. The first-order valence-corrected chi connectivity index (χ1v) is 9.54. The molecular formula is C14H17N5O3S2. The van der Waals surface area contributed by atoms with Crippen LogP contribution in [0.2, 0.25) is 0 Å². The monoisotopic (exact) mass is 367 g/mol. The first-order chi connectivity index (χ1) is 11.4. The van der Waals surface area contributed by atoms with Gasteiger partial charge in [0.25, 0.3) is 0 Å². The number of aromatic nitrogens is 4. The normalized spacial score (nSPS) is 12.0. The molecule has 0 saturated carbocycles. The van der Waals surface area contributed by atoms with E-state index in [1.807, 2.05) is 13.8 Å². The number of thiophene rings is 1. The first kappa shape index (κ1) is 16.8. The van der Waals surface area contributed by atoms with Crippen molar-refractivity contribution in [1.29, 1.82) is 0 Å². The van der Waals surface area contributed by atoms with Gasteiger partial charge in [0.1, 0.15) is 22.1 Å². The van der Waals surface area contributed by atoms with E-state index in [4.69, 9.17) is 4.52 Å². The average Bonchev–Trinajstić information content (AvgIpc) is 3.22. The summed E-state index contributed by atoms with van der Waals surface area (Å²) in [5.41, 5.74) is 1.59. The van der Waals surface area contributed by atoms with Gasteiger partial charge < -0.3 is 4.52 Å². The Kier molecular flexibility index (Phi) is 4.52. The maximum absolute atomic E-state index is 12.4. The number of nitrogens with zero attached hydrogens (tertiary/aromatic N) is 4. The van der Waals surface area contributed by atoms with Gasteiger partial charge in [-0.05, 0) is 26.0 Å². The van der Waals surface area contributed by atoms with Gasteiger partial charge in [-0.2, -0.15) is 5.10 Å². The van der Waals surface area contributed by atoms with E-state index in [1.165, 1.54) is 17.7 Å². The summed E-state index contributed by atoms with van der Waals surface area (Å²) < 4.78 is 34.4. The number of rotatable bonds is 6. The second-order valence-corrected chi connectivity index (χ2v) is 8.34. The van der Waals surface area contributed by atoms with Crippen LogP contribution in [-0.4, -0.2) is 34.9 Å². The van der Waals surface area contributed by atoms with Crippen molar-refractivity contribution in [2.75, 3.05) is 6.54 Å². The Balaban J connectivity index is 1.73. The molecule has 10 heteroatoms. The van der Waals surface area contributed by atoms with Crippen molar-refractivity contribution in [2.45, 2.75) is 24.5 Å². The van der Waals surface area contributed by atoms with E-state index in [-0.39, 0.29) is 10.8 Å². The Hall–Kier alpha value is -2.04. The fourth-order valence-electron chi connectivity index (χ4n) is 2.35. The van der Waals surface area contributed by atoms with Gasteiger partial charge in [0, 0.05) is 24.9 Å². The zero-order valence-electron chi connectivity index (χ0n) is 13.5. The van der Waals surface area contributed by atoms with E-state index in [9.17, 15) is 8.42 Å². The summed E-state index contributed by atoms with van der Waals surface area (Å²) in [5, 5.41) is 7.86. The molecule has 0 saturated heterocycles. The van der Waals surface area contributed by atoms with Crippen molar-refractivity contribution >= 4 is 21.4 Å².